The Morgan fingerprint density at radius 1 is 1.38 bits per heavy atom. The van der Waals surface area contributed by atoms with Crippen LogP contribution in [-0.2, 0) is 0 Å². The van der Waals surface area contributed by atoms with Crippen LogP contribution in [0.4, 0.5) is 0 Å². The average molecular weight is 179 g/mol. The van der Waals surface area contributed by atoms with E-state index in [0.29, 0.717) is 12.4 Å². The van der Waals surface area contributed by atoms with Gasteiger partial charge in [0.2, 0.25) is 0 Å². The second-order valence-electron chi connectivity index (χ2n) is 2.68. The van der Waals surface area contributed by atoms with Gasteiger partial charge in [0.25, 0.3) is 0 Å². The predicted octanol–water partition coefficient (Wildman–Crippen LogP) is 1.29. The Balaban J connectivity index is 2.19. The summed E-state index contributed by atoms with van der Waals surface area (Å²) in [5, 5.41) is 11.2. The largest absolute Gasteiger partial charge is 0.485 e. The van der Waals surface area contributed by atoms with Gasteiger partial charge in [-0.1, -0.05) is 17.3 Å². The lowest BCUT2D eigenvalue weighted by molar-refractivity contribution is 0.135. The van der Waals surface area contributed by atoms with Gasteiger partial charge in [0, 0.05) is 0 Å². The number of hydrogen-bond donors (Lipinski definition) is 1. The Morgan fingerprint density at radius 2 is 2.15 bits per heavy atom. The van der Waals surface area contributed by atoms with Crippen LogP contribution < -0.4 is 9.47 Å². The molecule has 0 saturated carbocycles. The third-order valence-corrected chi connectivity index (χ3v) is 1.76. The summed E-state index contributed by atoms with van der Waals surface area (Å²) in [6, 6.07) is 7.39. The first-order valence-electron chi connectivity index (χ1n) is 3.96. The summed E-state index contributed by atoms with van der Waals surface area (Å²) >= 11 is 0. The molecule has 13 heavy (non-hydrogen) atoms. The van der Waals surface area contributed by atoms with Gasteiger partial charge in [-0.25, -0.2) is 0 Å². The second-order valence-corrected chi connectivity index (χ2v) is 2.68. The van der Waals surface area contributed by atoms with Gasteiger partial charge in [-0.15, -0.1) is 0 Å². The molecule has 1 atom stereocenters. The SMILES string of the molecule is ON=CC1COc2ccccc2O1. The van der Waals surface area contributed by atoms with Crippen molar-refractivity contribution in [3.05, 3.63) is 24.3 Å². The summed E-state index contributed by atoms with van der Waals surface area (Å²) < 4.78 is 10.8. The van der Waals surface area contributed by atoms with Crippen molar-refractivity contribution in [2.75, 3.05) is 6.61 Å². The quantitative estimate of drug-likeness (QED) is 0.401. The molecule has 4 nitrogen and oxygen atoms in total. The number of ether oxygens (including phenoxy) is 2. The number of hydrogen-bond acceptors (Lipinski definition) is 4. The van der Waals surface area contributed by atoms with Crippen LogP contribution in [0.25, 0.3) is 0 Å². The zero-order valence-corrected chi connectivity index (χ0v) is 6.88. The number of fused-ring (bicyclic) bond motifs is 1. The number of nitrogens with zero attached hydrogens (tertiary/aromatic N) is 1. The third-order valence-electron chi connectivity index (χ3n) is 1.76. The first-order chi connectivity index (χ1) is 6.40. The Labute approximate surface area is 75.4 Å². The first-order valence-corrected chi connectivity index (χ1v) is 3.96. The van der Waals surface area contributed by atoms with Crippen molar-refractivity contribution < 1.29 is 14.7 Å². The summed E-state index contributed by atoms with van der Waals surface area (Å²) in [6.07, 6.45) is 0.996. The molecular weight excluding hydrogens is 170 g/mol. The van der Waals surface area contributed by atoms with E-state index in [0.717, 1.165) is 5.75 Å². The molecule has 1 aromatic carbocycles. The fourth-order valence-corrected chi connectivity index (χ4v) is 1.18. The van der Waals surface area contributed by atoms with Crippen LogP contribution in [0.15, 0.2) is 29.4 Å². The summed E-state index contributed by atoms with van der Waals surface area (Å²) in [5.41, 5.74) is 0. The normalized spacial score (nSPS) is 20.5. The van der Waals surface area contributed by atoms with Gasteiger partial charge in [-0.3, -0.25) is 0 Å². The zero-order chi connectivity index (χ0) is 9.10. The molecule has 2 rings (SSSR count). The van der Waals surface area contributed by atoms with Crippen molar-refractivity contribution in [1.82, 2.24) is 0 Å². The summed E-state index contributed by atoms with van der Waals surface area (Å²) in [4.78, 5) is 0. The molecule has 1 aliphatic rings. The fourth-order valence-electron chi connectivity index (χ4n) is 1.18. The van der Waals surface area contributed by atoms with E-state index in [1.165, 1.54) is 6.21 Å². The van der Waals surface area contributed by atoms with E-state index < -0.39 is 0 Å². The van der Waals surface area contributed by atoms with Crippen molar-refractivity contribution in [3.63, 3.8) is 0 Å². The lowest BCUT2D eigenvalue weighted by atomic mass is 10.3. The molecule has 1 unspecified atom stereocenters. The van der Waals surface area contributed by atoms with Crippen LogP contribution in [-0.4, -0.2) is 24.1 Å². The topological polar surface area (TPSA) is 51.1 Å². The van der Waals surface area contributed by atoms with Crippen molar-refractivity contribution in [1.29, 1.82) is 0 Å². The molecule has 0 radical (unpaired) electrons. The molecular formula is C9H9NO3. The summed E-state index contributed by atoms with van der Waals surface area (Å²) in [5.74, 6) is 1.41. The molecule has 1 N–H and O–H groups in total. The lowest BCUT2D eigenvalue weighted by Crippen LogP contribution is -2.30. The molecule has 1 aliphatic heterocycles. The third kappa shape index (κ3) is 1.56. The van der Waals surface area contributed by atoms with E-state index in [1.807, 2.05) is 24.3 Å². The van der Waals surface area contributed by atoms with Crippen molar-refractivity contribution in [3.8, 4) is 11.5 Å². The van der Waals surface area contributed by atoms with Crippen LogP contribution in [0, 0.1) is 0 Å². The smallest absolute Gasteiger partial charge is 0.171 e. The minimum Gasteiger partial charge on any atom is -0.485 e. The number of oxime groups is 1. The molecule has 1 aromatic rings. The first kappa shape index (κ1) is 7.91. The van der Waals surface area contributed by atoms with Crippen molar-refractivity contribution in [2.24, 2.45) is 5.16 Å². The molecule has 0 fully saturated rings. The van der Waals surface area contributed by atoms with E-state index in [4.69, 9.17) is 14.7 Å². The van der Waals surface area contributed by atoms with Gasteiger partial charge in [-0.05, 0) is 12.1 Å². The molecule has 1 heterocycles. The lowest BCUT2D eigenvalue weighted by Gasteiger charge is -2.23. The highest BCUT2D eigenvalue weighted by Crippen LogP contribution is 2.30. The van der Waals surface area contributed by atoms with Gasteiger partial charge in [-0.2, -0.15) is 0 Å². The molecule has 0 bridgehead atoms. The molecule has 0 saturated heterocycles. The monoisotopic (exact) mass is 179 g/mol. The number of rotatable bonds is 1. The minimum absolute atomic E-state index is 0.306. The average Bonchev–Trinajstić information content (AvgIpc) is 2.18. The van der Waals surface area contributed by atoms with E-state index in [2.05, 4.69) is 5.16 Å². The predicted molar refractivity (Wildman–Crippen MR) is 46.6 cm³/mol. The van der Waals surface area contributed by atoms with E-state index in [9.17, 15) is 0 Å². The van der Waals surface area contributed by atoms with E-state index in [-0.39, 0.29) is 6.10 Å². The minimum atomic E-state index is -0.306. The molecule has 0 aromatic heterocycles. The van der Waals surface area contributed by atoms with Gasteiger partial charge < -0.3 is 14.7 Å². The molecule has 0 spiro atoms. The van der Waals surface area contributed by atoms with Crippen LogP contribution in [0.1, 0.15) is 0 Å². The highest BCUT2D eigenvalue weighted by atomic mass is 16.6. The van der Waals surface area contributed by atoms with Crippen LogP contribution in [0.2, 0.25) is 0 Å². The van der Waals surface area contributed by atoms with Gasteiger partial charge in [0.05, 0.1) is 6.21 Å². The Hall–Kier alpha value is -1.71. The van der Waals surface area contributed by atoms with Crippen LogP contribution in [0.3, 0.4) is 0 Å². The molecule has 0 amide bonds. The Morgan fingerprint density at radius 3 is 2.92 bits per heavy atom. The molecule has 4 heteroatoms. The zero-order valence-electron chi connectivity index (χ0n) is 6.88. The maximum Gasteiger partial charge on any atom is 0.171 e. The maximum atomic E-state index is 8.30. The van der Waals surface area contributed by atoms with E-state index in [1.54, 1.807) is 0 Å². The molecule has 68 valence electrons. The Kier molecular flexibility index (Phi) is 2.04. The number of para-hydroxylation sites is 2. The van der Waals surface area contributed by atoms with Crippen molar-refractivity contribution >= 4 is 6.21 Å². The standard InChI is InChI=1S/C9H9NO3/c11-10-5-7-6-12-8-3-1-2-4-9(8)13-7/h1-5,7,11H,6H2. The molecule has 0 aliphatic carbocycles. The maximum absolute atomic E-state index is 8.30. The van der Waals surface area contributed by atoms with Crippen LogP contribution in [0.5, 0.6) is 11.5 Å². The van der Waals surface area contributed by atoms with Crippen LogP contribution >= 0.6 is 0 Å². The van der Waals surface area contributed by atoms with Crippen molar-refractivity contribution in [2.45, 2.75) is 6.10 Å². The highest BCUT2D eigenvalue weighted by Gasteiger charge is 2.18. The summed E-state index contributed by atoms with van der Waals surface area (Å²) in [7, 11) is 0. The highest BCUT2D eigenvalue weighted by molar-refractivity contribution is 5.64. The van der Waals surface area contributed by atoms with Gasteiger partial charge in [0.1, 0.15) is 6.61 Å². The second kappa shape index (κ2) is 3.35. The Bertz CT molecular complexity index is 324. The van der Waals surface area contributed by atoms with Gasteiger partial charge >= 0.3 is 0 Å². The fraction of sp³-hybridized carbons (Fsp3) is 0.222. The summed E-state index contributed by atoms with van der Waals surface area (Å²) in [6.45, 7) is 0.376. The van der Waals surface area contributed by atoms with Gasteiger partial charge in [0.15, 0.2) is 17.6 Å². The van der Waals surface area contributed by atoms with E-state index >= 15 is 0 Å². The number of benzene rings is 1.